The van der Waals surface area contributed by atoms with Gasteiger partial charge in [-0.3, -0.25) is 4.79 Å². The number of hydrogen-bond acceptors (Lipinski definition) is 4. The fourth-order valence-electron chi connectivity index (χ4n) is 0.681. The van der Waals surface area contributed by atoms with Crippen molar-refractivity contribution in [2.45, 2.75) is 19.8 Å². The molecule has 6 heteroatoms. The van der Waals surface area contributed by atoms with Gasteiger partial charge in [0.1, 0.15) is 0 Å². The lowest BCUT2D eigenvalue weighted by Crippen LogP contribution is -2.26. The van der Waals surface area contributed by atoms with Gasteiger partial charge in [0.2, 0.25) is 13.7 Å². The van der Waals surface area contributed by atoms with Crippen LogP contribution in [-0.4, -0.2) is 39.6 Å². The van der Waals surface area contributed by atoms with E-state index in [9.17, 15) is 9.59 Å². The van der Waals surface area contributed by atoms with E-state index in [0.29, 0.717) is 19.6 Å². The molecule has 0 aliphatic carbocycles. The van der Waals surface area contributed by atoms with Crippen molar-refractivity contribution in [1.82, 2.24) is 5.32 Å². The van der Waals surface area contributed by atoms with Crippen LogP contribution in [0, 0.1) is 0 Å². The lowest BCUT2D eigenvalue weighted by atomic mass is 10.2. The van der Waals surface area contributed by atoms with Crippen molar-refractivity contribution >= 4 is 19.8 Å². The average molecular weight is 199 g/mol. The van der Waals surface area contributed by atoms with Gasteiger partial charge in [0, 0.05) is 6.54 Å². The highest BCUT2D eigenvalue weighted by Crippen LogP contribution is 1.84. The Hall–Kier alpha value is -1.20. The molecule has 0 unspecified atom stereocenters. The molecule has 0 heterocycles. The molecule has 0 aliphatic heterocycles. The highest BCUT2D eigenvalue weighted by atomic mass is 16.5. The largest absolute Gasteiger partial charge is 0.475 e. The van der Waals surface area contributed by atoms with Crippen LogP contribution < -0.4 is 5.32 Å². The summed E-state index contributed by atoms with van der Waals surface area (Å²) >= 11 is 0. The van der Waals surface area contributed by atoms with Crippen molar-refractivity contribution in [3.05, 3.63) is 0 Å². The Morgan fingerprint density at radius 2 is 2.00 bits per heavy atom. The first kappa shape index (κ1) is 12.8. The van der Waals surface area contributed by atoms with Gasteiger partial charge in [-0.2, -0.15) is 0 Å². The van der Waals surface area contributed by atoms with Crippen molar-refractivity contribution < 1.29 is 19.1 Å². The molecule has 0 saturated carbocycles. The first-order valence-electron chi connectivity index (χ1n) is 4.49. The molecule has 14 heavy (non-hydrogen) atoms. The van der Waals surface area contributed by atoms with Gasteiger partial charge in [0.15, 0.2) is 0 Å². The van der Waals surface area contributed by atoms with E-state index in [1.54, 1.807) is 0 Å². The molecule has 0 fully saturated rings. The van der Waals surface area contributed by atoms with Gasteiger partial charge < -0.3 is 14.8 Å². The maximum Gasteiger partial charge on any atom is 0.407 e. The summed E-state index contributed by atoms with van der Waals surface area (Å²) < 4.78 is 9.19. The molecule has 1 amide bonds. The van der Waals surface area contributed by atoms with Crippen LogP contribution in [-0.2, 0) is 9.47 Å². The zero-order valence-corrected chi connectivity index (χ0v) is 8.25. The lowest BCUT2D eigenvalue weighted by Gasteiger charge is -2.05. The van der Waals surface area contributed by atoms with E-state index in [2.05, 4.69) is 10.1 Å². The topological polar surface area (TPSA) is 64.6 Å². The molecule has 78 valence electrons. The van der Waals surface area contributed by atoms with Crippen LogP contribution in [0.15, 0.2) is 0 Å². The fourth-order valence-corrected chi connectivity index (χ4v) is 0.681. The minimum atomic E-state index is -0.807. The summed E-state index contributed by atoms with van der Waals surface area (Å²) in [7, 11) is 4.73. The van der Waals surface area contributed by atoms with E-state index >= 15 is 0 Å². The Bertz CT molecular complexity index is 186. The Labute approximate surface area is 84.5 Å². The van der Waals surface area contributed by atoms with Crippen LogP contribution >= 0.6 is 0 Å². The molecule has 0 spiro atoms. The average Bonchev–Trinajstić information content (AvgIpc) is 2.13. The highest BCUT2D eigenvalue weighted by molar-refractivity contribution is 6.55. The van der Waals surface area contributed by atoms with Crippen LogP contribution in [0.2, 0.25) is 0 Å². The highest BCUT2D eigenvalue weighted by Gasteiger charge is 1.99. The molecule has 5 nitrogen and oxygen atoms in total. The van der Waals surface area contributed by atoms with Crippen molar-refractivity contribution in [2.24, 2.45) is 0 Å². The summed E-state index contributed by atoms with van der Waals surface area (Å²) in [4.78, 5) is 21.0. The van der Waals surface area contributed by atoms with Crippen LogP contribution in [0.1, 0.15) is 19.8 Å². The van der Waals surface area contributed by atoms with Crippen molar-refractivity contribution in [1.29, 1.82) is 0 Å². The summed E-state index contributed by atoms with van der Waals surface area (Å²) in [5.41, 5.74) is 0. The number of ether oxygens (including phenoxy) is 2. The minimum absolute atomic E-state index is 0.198. The van der Waals surface area contributed by atoms with Crippen molar-refractivity contribution in [3.63, 3.8) is 0 Å². The lowest BCUT2D eigenvalue weighted by molar-refractivity contribution is 0.144. The molecule has 0 aromatic rings. The Morgan fingerprint density at radius 3 is 2.57 bits per heavy atom. The van der Waals surface area contributed by atoms with E-state index in [4.69, 9.17) is 12.6 Å². The summed E-state index contributed by atoms with van der Waals surface area (Å²) in [6.45, 7) is 2.91. The number of rotatable bonds is 6. The van der Waals surface area contributed by atoms with E-state index in [0.717, 1.165) is 6.42 Å². The molecule has 0 aromatic carbocycles. The third kappa shape index (κ3) is 8.90. The first-order chi connectivity index (χ1) is 6.66. The second-order valence-electron chi connectivity index (χ2n) is 2.58. The monoisotopic (exact) mass is 199 g/mol. The molecule has 0 atom stereocenters. The third-order valence-corrected chi connectivity index (χ3v) is 1.27. The van der Waals surface area contributed by atoms with E-state index in [1.165, 1.54) is 0 Å². The Kier molecular flexibility index (Phi) is 7.69. The molecule has 2 radical (unpaired) electrons. The SMILES string of the molecule is [B]C(=O)OCCCNC(=O)OCCC. The van der Waals surface area contributed by atoms with Gasteiger partial charge in [-0.25, -0.2) is 4.79 Å². The fraction of sp³-hybridized carbons (Fsp3) is 0.750. The molecular formula is C8H14BNO4. The number of nitrogens with one attached hydrogen (secondary N) is 1. The molecule has 0 bridgehead atoms. The maximum absolute atomic E-state index is 10.8. The predicted molar refractivity (Wildman–Crippen MR) is 51.4 cm³/mol. The number of amides is 1. The second-order valence-corrected chi connectivity index (χ2v) is 2.58. The van der Waals surface area contributed by atoms with Gasteiger partial charge in [-0.05, 0) is 12.8 Å². The second kappa shape index (κ2) is 8.41. The van der Waals surface area contributed by atoms with Crippen LogP contribution in [0.25, 0.3) is 0 Å². The number of carbonyl (C=O) groups excluding carboxylic acids is 2. The molecular weight excluding hydrogens is 185 g/mol. The van der Waals surface area contributed by atoms with Crippen LogP contribution in [0.5, 0.6) is 0 Å². The standard InChI is InChI=1S/C8H14BNO4/c1-2-5-14-8(12)10-4-3-6-13-7(9)11/h2-6H2,1H3,(H,10,12). The normalized spacial score (nSPS) is 9.21. The Balaban J connectivity index is 3.19. The molecule has 0 aliphatic rings. The van der Waals surface area contributed by atoms with Gasteiger partial charge >= 0.3 is 6.09 Å². The van der Waals surface area contributed by atoms with Gasteiger partial charge in [0.25, 0.3) is 0 Å². The van der Waals surface area contributed by atoms with E-state index in [1.807, 2.05) is 6.92 Å². The molecule has 1 N–H and O–H groups in total. The first-order valence-corrected chi connectivity index (χ1v) is 4.49. The van der Waals surface area contributed by atoms with Crippen LogP contribution in [0.4, 0.5) is 9.59 Å². The van der Waals surface area contributed by atoms with Gasteiger partial charge in [-0.1, -0.05) is 6.92 Å². The van der Waals surface area contributed by atoms with E-state index < -0.39 is 12.0 Å². The van der Waals surface area contributed by atoms with Crippen molar-refractivity contribution in [2.75, 3.05) is 19.8 Å². The van der Waals surface area contributed by atoms with Gasteiger partial charge in [0.05, 0.1) is 13.2 Å². The summed E-state index contributed by atoms with van der Waals surface area (Å²) in [6.07, 6.45) is 0.855. The van der Waals surface area contributed by atoms with E-state index in [-0.39, 0.29) is 6.61 Å². The maximum atomic E-state index is 10.8. The zero-order valence-electron chi connectivity index (χ0n) is 8.25. The quantitative estimate of drug-likeness (QED) is 0.507. The van der Waals surface area contributed by atoms with Gasteiger partial charge in [-0.15, -0.1) is 0 Å². The molecule has 0 rings (SSSR count). The zero-order chi connectivity index (χ0) is 10.8. The predicted octanol–water partition coefficient (Wildman–Crippen LogP) is 0.818. The number of hydrogen-bond donors (Lipinski definition) is 1. The summed E-state index contributed by atoms with van der Waals surface area (Å²) in [6, 6.07) is 0. The summed E-state index contributed by atoms with van der Waals surface area (Å²) in [5, 5.41) is 2.50. The summed E-state index contributed by atoms with van der Waals surface area (Å²) in [5.74, 6) is -0.807. The molecule has 0 aromatic heterocycles. The minimum Gasteiger partial charge on any atom is -0.475 e. The third-order valence-electron chi connectivity index (χ3n) is 1.27. The van der Waals surface area contributed by atoms with Crippen LogP contribution in [0.3, 0.4) is 0 Å². The smallest absolute Gasteiger partial charge is 0.407 e. The Morgan fingerprint density at radius 1 is 1.29 bits per heavy atom. The number of alkyl carbamates (subject to hydrolysis) is 1. The van der Waals surface area contributed by atoms with Crippen molar-refractivity contribution in [3.8, 4) is 0 Å². The number of carbonyl (C=O) groups is 2. The molecule has 0 saturated heterocycles.